The van der Waals surface area contributed by atoms with Crippen LogP contribution in [0.5, 0.6) is 0 Å². The van der Waals surface area contributed by atoms with Gasteiger partial charge in [0.05, 0.1) is 24.5 Å². The van der Waals surface area contributed by atoms with Crippen LogP contribution in [0.2, 0.25) is 0 Å². The van der Waals surface area contributed by atoms with E-state index in [0.717, 1.165) is 16.9 Å². The molecule has 0 saturated carbocycles. The maximum absolute atomic E-state index is 12.9. The fraction of sp³-hybridized carbons (Fsp3) is 0.455. The topological polar surface area (TPSA) is 80.7 Å². The molecule has 0 spiro atoms. The van der Waals surface area contributed by atoms with Crippen LogP contribution < -0.4 is 0 Å². The molecule has 2 aromatic rings. The highest BCUT2D eigenvalue weighted by atomic mass is 32.2. The number of piperazine rings is 1. The molecular formula is C22H28N2O4S2. The monoisotopic (exact) mass is 448 g/mol. The summed E-state index contributed by atoms with van der Waals surface area (Å²) < 4.78 is 24.2. The van der Waals surface area contributed by atoms with Crippen LogP contribution in [-0.4, -0.2) is 68.7 Å². The molecule has 0 aliphatic carbocycles. The molecule has 0 aromatic heterocycles. The van der Waals surface area contributed by atoms with Crippen LogP contribution in [0.15, 0.2) is 57.2 Å². The van der Waals surface area contributed by atoms with Crippen LogP contribution in [0.4, 0.5) is 0 Å². The van der Waals surface area contributed by atoms with Gasteiger partial charge in [0.2, 0.25) is 0 Å². The fourth-order valence-corrected chi connectivity index (χ4v) is 6.16. The Balaban J connectivity index is 1.68. The zero-order valence-electron chi connectivity index (χ0n) is 17.2. The number of aliphatic hydroxyl groups is 1. The summed E-state index contributed by atoms with van der Waals surface area (Å²) in [6.45, 7) is 2.80. The molecule has 4 rings (SSSR count). The fourth-order valence-electron chi connectivity index (χ4n) is 4.38. The third-order valence-corrected chi connectivity index (χ3v) is 8.45. The number of hydroxylamine groups is 3. The van der Waals surface area contributed by atoms with Crippen LogP contribution in [0.25, 0.3) is 0 Å². The average molecular weight is 449 g/mol. The summed E-state index contributed by atoms with van der Waals surface area (Å²) in [6.07, 6.45) is 2.56. The second kappa shape index (κ2) is 8.61. The van der Waals surface area contributed by atoms with Gasteiger partial charge in [-0.05, 0) is 41.8 Å². The number of quaternary nitrogens is 1. The highest BCUT2D eigenvalue weighted by Crippen LogP contribution is 2.43. The van der Waals surface area contributed by atoms with Crippen LogP contribution in [0, 0.1) is 5.21 Å². The van der Waals surface area contributed by atoms with Gasteiger partial charge in [0, 0.05) is 48.2 Å². The van der Waals surface area contributed by atoms with Crippen molar-refractivity contribution in [2.75, 3.05) is 45.6 Å². The van der Waals surface area contributed by atoms with Gasteiger partial charge in [-0.25, -0.2) is 8.42 Å². The van der Waals surface area contributed by atoms with E-state index in [9.17, 15) is 13.6 Å². The molecule has 1 saturated heterocycles. The number of aliphatic hydroxyl groups excluding tert-OH is 1. The van der Waals surface area contributed by atoms with Gasteiger partial charge in [-0.15, -0.1) is 0 Å². The molecule has 1 N–H and O–H groups in total. The number of sulfone groups is 1. The lowest BCUT2D eigenvalue weighted by atomic mass is 9.96. The maximum Gasteiger partial charge on any atom is 0.175 e. The summed E-state index contributed by atoms with van der Waals surface area (Å²) in [5.41, 5.74) is 2.28. The van der Waals surface area contributed by atoms with Crippen molar-refractivity contribution in [2.24, 2.45) is 0 Å². The van der Waals surface area contributed by atoms with E-state index in [0.29, 0.717) is 44.0 Å². The predicted molar refractivity (Wildman–Crippen MR) is 118 cm³/mol. The number of nitrogens with zero attached hydrogens (tertiary/aromatic N) is 2. The Labute approximate surface area is 182 Å². The van der Waals surface area contributed by atoms with Gasteiger partial charge in [0.25, 0.3) is 0 Å². The molecule has 1 fully saturated rings. The Bertz CT molecular complexity index is 1020. The van der Waals surface area contributed by atoms with Crippen LogP contribution in [0.1, 0.15) is 23.6 Å². The minimum atomic E-state index is -3.30. The zero-order chi connectivity index (χ0) is 21.4. The van der Waals surface area contributed by atoms with E-state index in [1.54, 1.807) is 17.8 Å². The Hall–Kier alpha value is -1.42. The highest BCUT2D eigenvalue weighted by Gasteiger charge is 2.33. The van der Waals surface area contributed by atoms with E-state index in [1.807, 2.05) is 24.3 Å². The molecule has 0 amide bonds. The molecule has 30 heavy (non-hydrogen) atoms. The van der Waals surface area contributed by atoms with Crippen molar-refractivity contribution in [3.8, 4) is 0 Å². The van der Waals surface area contributed by atoms with Crippen LogP contribution in [-0.2, 0) is 16.3 Å². The molecule has 2 aliphatic heterocycles. The minimum Gasteiger partial charge on any atom is -0.633 e. The van der Waals surface area contributed by atoms with E-state index in [2.05, 4.69) is 17.0 Å². The highest BCUT2D eigenvalue weighted by molar-refractivity contribution is 7.99. The summed E-state index contributed by atoms with van der Waals surface area (Å²) in [4.78, 5) is 4.95. The smallest absolute Gasteiger partial charge is 0.175 e. The van der Waals surface area contributed by atoms with Crippen molar-refractivity contribution in [3.05, 3.63) is 58.8 Å². The quantitative estimate of drug-likeness (QED) is 0.560. The van der Waals surface area contributed by atoms with Crippen molar-refractivity contribution in [3.63, 3.8) is 0 Å². The summed E-state index contributed by atoms with van der Waals surface area (Å²) in [7, 11) is -3.30. The summed E-state index contributed by atoms with van der Waals surface area (Å²) in [6, 6.07) is 13.8. The van der Waals surface area contributed by atoms with Gasteiger partial charge in [0.15, 0.2) is 9.84 Å². The van der Waals surface area contributed by atoms with Gasteiger partial charge in [-0.1, -0.05) is 30.0 Å². The van der Waals surface area contributed by atoms with Crippen molar-refractivity contribution < 1.29 is 18.2 Å². The molecule has 8 heteroatoms. The van der Waals surface area contributed by atoms with Crippen molar-refractivity contribution >= 4 is 21.6 Å². The first-order valence-corrected chi connectivity index (χ1v) is 13.0. The number of fused-ring (bicyclic) bond motifs is 2. The molecule has 1 atom stereocenters. The molecule has 2 aromatic carbocycles. The van der Waals surface area contributed by atoms with E-state index < -0.39 is 9.84 Å². The zero-order valence-corrected chi connectivity index (χ0v) is 18.8. The number of benzene rings is 2. The van der Waals surface area contributed by atoms with Crippen molar-refractivity contribution in [2.45, 2.75) is 33.6 Å². The van der Waals surface area contributed by atoms with E-state index >= 15 is 0 Å². The number of hydrogen-bond acceptors (Lipinski definition) is 6. The lowest BCUT2D eigenvalue weighted by molar-refractivity contribution is -0.885. The first-order valence-electron chi connectivity index (χ1n) is 10.3. The van der Waals surface area contributed by atoms with Gasteiger partial charge in [-0.2, -0.15) is 0 Å². The van der Waals surface area contributed by atoms with Gasteiger partial charge in [-0.3, -0.25) is 4.90 Å². The Morgan fingerprint density at radius 1 is 1.17 bits per heavy atom. The van der Waals surface area contributed by atoms with E-state index in [-0.39, 0.29) is 17.3 Å². The standard InChI is InChI=1S/C22H28N2O4S2/c1-30(27,28)18-7-8-22-19(16-18)20(15-17-5-2-3-6-21(17)29-22)23-9-12-24(26,13-10-23)11-4-14-25/h2-3,5-8,16,20,25H,4,9-15H2,1H3/t20-/m0/s1. The molecule has 2 aliphatic rings. The molecular weight excluding hydrogens is 420 g/mol. The number of rotatable bonds is 5. The summed E-state index contributed by atoms with van der Waals surface area (Å²) >= 11 is 1.69. The van der Waals surface area contributed by atoms with Gasteiger partial charge in [0.1, 0.15) is 0 Å². The lowest BCUT2D eigenvalue weighted by Gasteiger charge is -2.50. The Morgan fingerprint density at radius 2 is 1.90 bits per heavy atom. The maximum atomic E-state index is 12.9. The Kier molecular flexibility index (Phi) is 6.25. The van der Waals surface area contributed by atoms with Gasteiger partial charge < -0.3 is 15.0 Å². The average Bonchev–Trinajstić information content (AvgIpc) is 2.88. The van der Waals surface area contributed by atoms with Crippen LogP contribution in [0.3, 0.4) is 0 Å². The van der Waals surface area contributed by atoms with Crippen LogP contribution >= 0.6 is 11.8 Å². The third kappa shape index (κ3) is 4.59. The third-order valence-electron chi connectivity index (χ3n) is 6.13. The number of hydrogen-bond donors (Lipinski definition) is 1. The summed E-state index contributed by atoms with van der Waals surface area (Å²) in [5.74, 6) is 0. The predicted octanol–water partition coefficient (Wildman–Crippen LogP) is 2.85. The van der Waals surface area contributed by atoms with E-state index in [4.69, 9.17) is 5.11 Å². The largest absolute Gasteiger partial charge is 0.633 e. The molecule has 162 valence electrons. The first-order chi connectivity index (χ1) is 14.3. The van der Waals surface area contributed by atoms with Crippen molar-refractivity contribution in [1.29, 1.82) is 0 Å². The minimum absolute atomic E-state index is 0.0319. The lowest BCUT2D eigenvalue weighted by Crippen LogP contribution is -2.57. The molecule has 0 bridgehead atoms. The molecule has 0 radical (unpaired) electrons. The summed E-state index contributed by atoms with van der Waals surface area (Å²) in [5, 5.41) is 22.0. The second-order valence-corrected chi connectivity index (χ2v) is 11.3. The van der Waals surface area contributed by atoms with Gasteiger partial charge >= 0.3 is 0 Å². The molecule has 6 nitrogen and oxygen atoms in total. The molecule has 0 unspecified atom stereocenters. The van der Waals surface area contributed by atoms with E-state index in [1.165, 1.54) is 16.7 Å². The molecule has 2 heterocycles. The SMILES string of the molecule is CS(=O)(=O)c1ccc2c(c1)[C@@H](N1CC[N+]([O-])(CCCO)CC1)Cc1ccccc1S2. The first kappa shape index (κ1) is 21.8. The second-order valence-electron chi connectivity index (χ2n) is 8.24. The Morgan fingerprint density at radius 3 is 2.60 bits per heavy atom. The normalized spacial score (nSPS) is 21.5. The van der Waals surface area contributed by atoms with Crippen molar-refractivity contribution in [1.82, 2.24) is 4.90 Å².